The van der Waals surface area contributed by atoms with Crippen LogP contribution in [-0.4, -0.2) is 57.5 Å². The summed E-state index contributed by atoms with van der Waals surface area (Å²) < 4.78 is 78.6. The van der Waals surface area contributed by atoms with Gasteiger partial charge < -0.3 is 9.47 Å². The molecule has 2 aromatic heterocycles. The Labute approximate surface area is 198 Å². The fraction of sp³-hybridized carbons (Fsp3) is 0.409. The van der Waals surface area contributed by atoms with Gasteiger partial charge in [0.15, 0.2) is 21.4 Å². The standard InChI is InChI=1S/C22H26FN3O6S2/c1-22(2,3)34(29,30)19-13-25-17(12-24-20(25)11-18(19)31-4)14-9-15(23)21(32-5)16(10-14)26-7-6-8-33(26,27)28/h9-13H,6-8H2,1-5H3. The quantitative estimate of drug-likeness (QED) is 0.517. The number of aromatic nitrogens is 2. The van der Waals surface area contributed by atoms with Crippen LogP contribution in [0.15, 0.2) is 35.5 Å². The number of sulfone groups is 1. The third-order valence-electron chi connectivity index (χ3n) is 5.78. The lowest BCUT2D eigenvalue weighted by molar-refractivity contribution is 0.387. The maximum absolute atomic E-state index is 15.1. The smallest absolute Gasteiger partial charge is 0.235 e. The second kappa shape index (κ2) is 8.12. The highest BCUT2D eigenvalue weighted by Gasteiger charge is 2.35. The third kappa shape index (κ3) is 3.78. The van der Waals surface area contributed by atoms with E-state index in [0.29, 0.717) is 23.3 Å². The van der Waals surface area contributed by atoms with Gasteiger partial charge in [-0.05, 0) is 39.3 Å². The Morgan fingerprint density at radius 2 is 1.82 bits per heavy atom. The molecule has 0 radical (unpaired) electrons. The summed E-state index contributed by atoms with van der Waals surface area (Å²) in [5, 5.41) is 0. The van der Waals surface area contributed by atoms with E-state index in [1.807, 2.05) is 0 Å². The van der Waals surface area contributed by atoms with E-state index in [0.717, 1.165) is 4.31 Å². The minimum Gasteiger partial charge on any atom is -0.495 e. The van der Waals surface area contributed by atoms with E-state index in [9.17, 15) is 16.8 Å². The van der Waals surface area contributed by atoms with Crippen LogP contribution in [0, 0.1) is 5.82 Å². The highest BCUT2D eigenvalue weighted by atomic mass is 32.2. The zero-order valence-electron chi connectivity index (χ0n) is 19.5. The number of halogens is 1. The van der Waals surface area contributed by atoms with Crippen molar-refractivity contribution in [2.75, 3.05) is 30.8 Å². The minimum absolute atomic E-state index is 0.0363. The molecule has 9 nitrogen and oxygen atoms in total. The molecule has 4 rings (SSSR count). The van der Waals surface area contributed by atoms with Crippen molar-refractivity contribution in [2.45, 2.75) is 36.8 Å². The number of benzene rings is 1. The Balaban J connectivity index is 1.97. The number of rotatable bonds is 5. The molecular formula is C22H26FN3O6S2. The first-order valence-corrected chi connectivity index (χ1v) is 13.6. The van der Waals surface area contributed by atoms with Gasteiger partial charge in [0.05, 0.1) is 42.3 Å². The molecule has 0 spiro atoms. The fourth-order valence-corrected chi connectivity index (χ4v) is 6.78. The van der Waals surface area contributed by atoms with Crippen molar-refractivity contribution in [1.82, 2.24) is 9.38 Å². The lowest BCUT2D eigenvalue weighted by atomic mass is 10.1. The lowest BCUT2D eigenvalue weighted by Gasteiger charge is -2.22. The van der Waals surface area contributed by atoms with Gasteiger partial charge in [0.1, 0.15) is 16.3 Å². The molecule has 184 valence electrons. The highest BCUT2D eigenvalue weighted by Crippen LogP contribution is 2.40. The highest BCUT2D eigenvalue weighted by molar-refractivity contribution is 7.93. The molecule has 1 saturated heterocycles. The molecule has 1 aliphatic heterocycles. The van der Waals surface area contributed by atoms with Crippen LogP contribution in [0.4, 0.5) is 10.1 Å². The summed E-state index contributed by atoms with van der Waals surface area (Å²) >= 11 is 0. The second-order valence-electron chi connectivity index (χ2n) is 8.95. The molecule has 1 aliphatic rings. The normalized spacial score (nSPS) is 16.2. The fourth-order valence-electron chi connectivity index (χ4n) is 3.92. The maximum atomic E-state index is 15.1. The van der Waals surface area contributed by atoms with Gasteiger partial charge in [0, 0.05) is 24.4 Å². The largest absolute Gasteiger partial charge is 0.495 e. The maximum Gasteiger partial charge on any atom is 0.235 e. The topological polar surface area (TPSA) is 107 Å². The summed E-state index contributed by atoms with van der Waals surface area (Å²) in [7, 11) is -4.75. The number of hydrogen-bond donors (Lipinski definition) is 0. The molecule has 0 unspecified atom stereocenters. The summed E-state index contributed by atoms with van der Waals surface area (Å²) in [6.07, 6.45) is 3.28. The molecule has 1 aromatic carbocycles. The lowest BCUT2D eigenvalue weighted by Crippen LogP contribution is -2.28. The van der Waals surface area contributed by atoms with E-state index in [-0.39, 0.29) is 34.4 Å². The van der Waals surface area contributed by atoms with Crippen molar-refractivity contribution in [1.29, 1.82) is 0 Å². The van der Waals surface area contributed by atoms with Gasteiger partial charge in [-0.2, -0.15) is 0 Å². The minimum atomic E-state index is -3.80. The van der Waals surface area contributed by atoms with E-state index < -0.39 is 30.4 Å². The first-order valence-electron chi connectivity index (χ1n) is 10.5. The molecule has 0 N–H and O–H groups in total. The number of hydrogen-bond acceptors (Lipinski definition) is 7. The summed E-state index contributed by atoms with van der Waals surface area (Å²) in [5.74, 6) is -0.820. The van der Waals surface area contributed by atoms with E-state index in [4.69, 9.17) is 9.47 Å². The molecule has 34 heavy (non-hydrogen) atoms. The summed E-state index contributed by atoms with van der Waals surface area (Å²) in [5.41, 5.74) is 1.15. The number of anilines is 1. The Bertz CT molecular complexity index is 1490. The van der Waals surface area contributed by atoms with Crippen molar-refractivity contribution in [3.63, 3.8) is 0 Å². The molecule has 0 bridgehead atoms. The van der Waals surface area contributed by atoms with Crippen LogP contribution in [0.3, 0.4) is 0 Å². The number of fused-ring (bicyclic) bond motifs is 1. The number of pyridine rings is 1. The number of methoxy groups -OCH3 is 2. The Kier molecular flexibility index (Phi) is 5.80. The zero-order valence-corrected chi connectivity index (χ0v) is 21.1. The molecule has 3 heterocycles. The van der Waals surface area contributed by atoms with E-state index in [2.05, 4.69) is 4.98 Å². The zero-order chi connectivity index (χ0) is 25.1. The van der Waals surface area contributed by atoms with Crippen LogP contribution in [0.2, 0.25) is 0 Å². The number of nitrogens with zero attached hydrogens (tertiary/aromatic N) is 3. The van der Waals surface area contributed by atoms with Crippen molar-refractivity contribution in [3.8, 4) is 22.8 Å². The molecule has 0 saturated carbocycles. The predicted octanol–water partition coefficient (Wildman–Crippen LogP) is 3.27. The Morgan fingerprint density at radius 1 is 1.12 bits per heavy atom. The summed E-state index contributed by atoms with van der Waals surface area (Å²) in [6.45, 7) is 4.97. The van der Waals surface area contributed by atoms with E-state index in [1.165, 1.54) is 49.2 Å². The second-order valence-corrected chi connectivity index (χ2v) is 13.6. The average Bonchev–Trinajstić information content (AvgIpc) is 3.33. The first-order chi connectivity index (χ1) is 15.8. The molecule has 3 aromatic rings. The van der Waals surface area contributed by atoms with Crippen molar-refractivity contribution in [2.24, 2.45) is 0 Å². The van der Waals surface area contributed by atoms with Crippen LogP contribution in [-0.2, 0) is 19.9 Å². The van der Waals surface area contributed by atoms with Gasteiger partial charge in [-0.3, -0.25) is 8.71 Å². The molecule has 0 aliphatic carbocycles. The molecule has 0 atom stereocenters. The van der Waals surface area contributed by atoms with Crippen LogP contribution < -0.4 is 13.8 Å². The first kappa shape index (κ1) is 24.3. The van der Waals surface area contributed by atoms with Crippen molar-refractivity contribution >= 4 is 31.2 Å². The van der Waals surface area contributed by atoms with Gasteiger partial charge in [-0.1, -0.05) is 0 Å². The van der Waals surface area contributed by atoms with Crippen LogP contribution in [0.5, 0.6) is 11.5 Å². The number of ether oxygens (including phenoxy) is 2. The predicted molar refractivity (Wildman–Crippen MR) is 126 cm³/mol. The van der Waals surface area contributed by atoms with Crippen LogP contribution in [0.1, 0.15) is 27.2 Å². The monoisotopic (exact) mass is 511 g/mol. The van der Waals surface area contributed by atoms with Crippen LogP contribution >= 0.6 is 0 Å². The van der Waals surface area contributed by atoms with Crippen molar-refractivity contribution < 1.29 is 30.7 Å². The van der Waals surface area contributed by atoms with Gasteiger partial charge in [0.2, 0.25) is 10.0 Å². The van der Waals surface area contributed by atoms with E-state index in [1.54, 1.807) is 20.8 Å². The van der Waals surface area contributed by atoms with Gasteiger partial charge in [0.25, 0.3) is 0 Å². The molecule has 0 amide bonds. The van der Waals surface area contributed by atoms with Gasteiger partial charge in [-0.25, -0.2) is 26.2 Å². The SMILES string of the molecule is COc1cc2ncc(-c3cc(F)c(OC)c(N4CCCS4(=O)=O)c3)n2cc1S(=O)(=O)C(C)(C)C. The number of sulfonamides is 1. The van der Waals surface area contributed by atoms with E-state index >= 15 is 4.39 Å². The molecular weight excluding hydrogens is 485 g/mol. The van der Waals surface area contributed by atoms with Crippen molar-refractivity contribution in [3.05, 3.63) is 36.4 Å². The van der Waals surface area contributed by atoms with Gasteiger partial charge in [-0.15, -0.1) is 0 Å². The van der Waals surface area contributed by atoms with Crippen LogP contribution in [0.25, 0.3) is 16.9 Å². The molecule has 1 fully saturated rings. The average molecular weight is 512 g/mol. The third-order valence-corrected chi connectivity index (χ3v) is 10.1. The summed E-state index contributed by atoms with van der Waals surface area (Å²) in [4.78, 5) is 4.28. The summed E-state index contributed by atoms with van der Waals surface area (Å²) in [6, 6.07) is 4.21. The molecule has 12 heteroatoms. The number of imidazole rings is 1. The Hall–Kier alpha value is -2.86. The Morgan fingerprint density at radius 3 is 2.38 bits per heavy atom. The van der Waals surface area contributed by atoms with Gasteiger partial charge >= 0.3 is 0 Å².